The molecular formula is C22H15F3N2O2. The number of halogens is 3. The molecule has 3 aromatic rings. The maximum Gasteiger partial charge on any atom is 0.417 e. The second kappa shape index (κ2) is 7.09. The topological polar surface area (TPSA) is 58.2 Å². The second-order valence-corrected chi connectivity index (χ2v) is 6.58. The molecule has 0 spiro atoms. The predicted octanol–water partition coefficient (Wildman–Crippen LogP) is 4.91. The van der Waals surface area contributed by atoms with Crippen LogP contribution < -0.4 is 10.6 Å². The molecule has 0 heterocycles. The number of rotatable bonds is 2. The highest BCUT2D eigenvalue weighted by Crippen LogP contribution is 2.42. The first-order valence-corrected chi connectivity index (χ1v) is 8.82. The lowest BCUT2D eigenvalue weighted by Crippen LogP contribution is -2.41. The molecule has 0 radical (unpaired) electrons. The zero-order chi connectivity index (χ0) is 20.6. The first-order chi connectivity index (χ1) is 13.9. The normalized spacial score (nSPS) is 12.8. The summed E-state index contributed by atoms with van der Waals surface area (Å²) >= 11 is 0. The van der Waals surface area contributed by atoms with Crippen LogP contribution in [0.15, 0.2) is 72.8 Å². The number of nitrogens with one attached hydrogen (secondary N) is 2. The van der Waals surface area contributed by atoms with E-state index in [0.717, 1.165) is 34.4 Å². The molecule has 29 heavy (non-hydrogen) atoms. The number of carbonyl (C=O) groups excluding carboxylic acids is 2. The van der Waals surface area contributed by atoms with Crippen molar-refractivity contribution in [2.24, 2.45) is 0 Å². The van der Waals surface area contributed by atoms with Crippen molar-refractivity contribution in [2.75, 3.05) is 0 Å². The van der Waals surface area contributed by atoms with Gasteiger partial charge in [-0.25, -0.2) is 4.79 Å². The zero-order valence-corrected chi connectivity index (χ0v) is 15.0. The Morgan fingerprint density at radius 3 is 1.86 bits per heavy atom. The smallest absolute Gasteiger partial charge is 0.327 e. The van der Waals surface area contributed by atoms with Gasteiger partial charge in [-0.15, -0.1) is 0 Å². The maximum absolute atomic E-state index is 13.1. The number of amides is 3. The first kappa shape index (κ1) is 18.7. The van der Waals surface area contributed by atoms with Crippen molar-refractivity contribution >= 4 is 11.9 Å². The van der Waals surface area contributed by atoms with Crippen LogP contribution in [0.2, 0.25) is 0 Å². The van der Waals surface area contributed by atoms with E-state index in [2.05, 4.69) is 5.32 Å². The minimum absolute atomic E-state index is 0.506. The van der Waals surface area contributed by atoms with E-state index in [9.17, 15) is 22.8 Å². The van der Waals surface area contributed by atoms with Crippen molar-refractivity contribution < 1.29 is 22.8 Å². The van der Waals surface area contributed by atoms with Crippen molar-refractivity contribution in [3.8, 4) is 11.1 Å². The summed E-state index contributed by atoms with van der Waals surface area (Å²) in [7, 11) is 0. The fourth-order valence-electron chi connectivity index (χ4n) is 3.58. The van der Waals surface area contributed by atoms with Crippen LogP contribution in [0.4, 0.5) is 18.0 Å². The molecule has 3 amide bonds. The van der Waals surface area contributed by atoms with Gasteiger partial charge in [0.05, 0.1) is 17.2 Å². The number of benzene rings is 3. The maximum atomic E-state index is 13.1. The number of urea groups is 1. The summed E-state index contributed by atoms with van der Waals surface area (Å²) in [6, 6.07) is 18.0. The van der Waals surface area contributed by atoms with Crippen LogP contribution in [0, 0.1) is 0 Å². The Hall–Kier alpha value is -3.61. The van der Waals surface area contributed by atoms with Gasteiger partial charge < -0.3 is 5.32 Å². The number of fused-ring (bicyclic) bond motifs is 3. The average Bonchev–Trinajstić information content (AvgIpc) is 3.01. The third-order valence-corrected chi connectivity index (χ3v) is 4.81. The Labute approximate surface area is 164 Å². The van der Waals surface area contributed by atoms with Gasteiger partial charge in [0.1, 0.15) is 0 Å². The molecule has 0 fully saturated rings. The summed E-state index contributed by atoms with van der Waals surface area (Å²) in [5.41, 5.74) is 1.92. The van der Waals surface area contributed by atoms with Crippen molar-refractivity contribution in [1.29, 1.82) is 0 Å². The van der Waals surface area contributed by atoms with E-state index in [1.165, 1.54) is 12.1 Å². The Kier molecular flexibility index (Phi) is 4.58. The van der Waals surface area contributed by atoms with Gasteiger partial charge in [0.15, 0.2) is 0 Å². The van der Waals surface area contributed by atoms with Crippen molar-refractivity contribution in [3.05, 3.63) is 95.1 Å². The van der Waals surface area contributed by atoms with E-state index in [1.807, 2.05) is 53.8 Å². The highest BCUT2D eigenvalue weighted by molar-refractivity contribution is 6.05. The lowest BCUT2D eigenvalue weighted by molar-refractivity contribution is -0.137. The molecule has 1 aliphatic carbocycles. The standard InChI is InChI=1S/C22H15F3N2O2/c23-22(24,25)18-12-6-5-11-17(18)20(28)27-21(29)26-19-15-9-3-1-7-13(15)14-8-2-4-10-16(14)19/h1-12,19H,(H2,26,27,28,29). The summed E-state index contributed by atoms with van der Waals surface area (Å²) in [5.74, 6) is -1.12. The van der Waals surface area contributed by atoms with Crippen molar-refractivity contribution in [3.63, 3.8) is 0 Å². The molecular weight excluding hydrogens is 381 g/mol. The molecule has 0 saturated carbocycles. The second-order valence-electron chi connectivity index (χ2n) is 6.58. The van der Waals surface area contributed by atoms with Gasteiger partial charge in [0.2, 0.25) is 0 Å². The van der Waals surface area contributed by atoms with Gasteiger partial charge >= 0.3 is 12.2 Å². The molecule has 2 N–H and O–H groups in total. The highest BCUT2D eigenvalue weighted by Gasteiger charge is 2.35. The quantitative estimate of drug-likeness (QED) is 0.646. The van der Waals surface area contributed by atoms with Crippen LogP contribution in [0.3, 0.4) is 0 Å². The minimum atomic E-state index is -4.70. The highest BCUT2D eigenvalue weighted by atomic mass is 19.4. The van der Waals surface area contributed by atoms with Gasteiger partial charge in [-0.05, 0) is 34.4 Å². The summed E-state index contributed by atoms with van der Waals surface area (Å²) in [6.45, 7) is 0. The van der Waals surface area contributed by atoms with E-state index in [1.54, 1.807) is 0 Å². The Bertz CT molecular complexity index is 1060. The lowest BCUT2D eigenvalue weighted by atomic mass is 10.1. The zero-order valence-electron chi connectivity index (χ0n) is 15.0. The molecule has 3 aromatic carbocycles. The van der Waals surface area contributed by atoms with Crippen molar-refractivity contribution in [1.82, 2.24) is 10.6 Å². The number of carbonyl (C=O) groups is 2. The Morgan fingerprint density at radius 1 is 0.759 bits per heavy atom. The molecule has 4 rings (SSSR count). The molecule has 1 aliphatic rings. The van der Waals surface area contributed by atoms with E-state index < -0.39 is 35.3 Å². The van der Waals surface area contributed by atoms with Crippen LogP contribution in [-0.2, 0) is 6.18 Å². The van der Waals surface area contributed by atoms with Crippen LogP contribution in [0.1, 0.15) is 33.1 Å². The van der Waals surface area contributed by atoms with E-state index in [-0.39, 0.29) is 0 Å². The summed E-state index contributed by atoms with van der Waals surface area (Å²) in [5, 5.41) is 4.71. The molecule has 0 aliphatic heterocycles. The largest absolute Gasteiger partial charge is 0.417 e. The summed E-state index contributed by atoms with van der Waals surface area (Å²) in [4.78, 5) is 24.8. The molecule has 0 saturated heterocycles. The molecule has 146 valence electrons. The van der Waals surface area contributed by atoms with Gasteiger partial charge in [0, 0.05) is 0 Å². The third-order valence-electron chi connectivity index (χ3n) is 4.81. The van der Waals surface area contributed by atoms with Crippen LogP contribution in [0.25, 0.3) is 11.1 Å². The molecule has 0 bridgehead atoms. The first-order valence-electron chi connectivity index (χ1n) is 8.82. The van der Waals surface area contributed by atoms with Gasteiger partial charge in [-0.2, -0.15) is 13.2 Å². The van der Waals surface area contributed by atoms with E-state index in [4.69, 9.17) is 0 Å². The van der Waals surface area contributed by atoms with Crippen LogP contribution in [-0.4, -0.2) is 11.9 Å². The van der Waals surface area contributed by atoms with Crippen LogP contribution in [0.5, 0.6) is 0 Å². The Morgan fingerprint density at radius 2 is 1.28 bits per heavy atom. The number of imide groups is 1. The Balaban J connectivity index is 1.57. The molecule has 7 heteroatoms. The minimum Gasteiger partial charge on any atom is -0.327 e. The summed E-state index contributed by atoms with van der Waals surface area (Å²) in [6.07, 6.45) is -4.70. The SMILES string of the molecule is O=C(NC(=O)c1ccccc1C(F)(F)F)NC1c2ccccc2-c2ccccc21. The van der Waals surface area contributed by atoms with Gasteiger partial charge in [-0.3, -0.25) is 10.1 Å². The molecule has 0 unspecified atom stereocenters. The van der Waals surface area contributed by atoms with Crippen LogP contribution >= 0.6 is 0 Å². The number of alkyl halides is 3. The van der Waals surface area contributed by atoms with Gasteiger partial charge in [0.25, 0.3) is 5.91 Å². The monoisotopic (exact) mass is 396 g/mol. The lowest BCUT2D eigenvalue weighted by Gasteiger charge is -2.17. The number of hydrogen-bond donors (Lipinski definition) is 2. The van der Waals surface area contributed by atoms with E-state index >= 15 is 0 Å². The number of hydrogen-bond acceptors (Lipinski definition) is 2. The predicted molar refractivity (Wildman–Crippen MR) is 101 cm³/mol. The fourth-order valence-corrected chi connectivity index (χ4v) is 3.58. The third kappa shape index (κ3) is 3.47. The van der Waals surface area contributed by atoms with E-state index in [0.29, 0.717) is 0 Å². The van der Waals surface area contributed by atoms with Crippen molar-refractivity contribution in [2.45, 2.75) is 12.2 Å². The fraction of sp³-hybridized carbons (Fsp3) is 0.0909. The van der Waals surface area contributed by atoms with Gasteiger partial charge in [-0.1, -0.05) is 60.7 Å². The summed E-state index contributed by atoms with van der Waals surface area (Å²) < 4.78 is 39.4. The molecule has 4 nitrogen and oxygen atoms in total. The molecule has 0 atom stereocenters. The molecule has 0 aromatic heterocycles. The average molecular weight is 396 g/mol.